The summed E-state index contributed by atoms with van der Waals surface area (Å²) in [7, 11) is 0. The van der Waals surface area contributed by atoms with E-state index in [1.54, 1.807) is 24.3 Å². The highest BCUT2D eigenvalue weighted by molar-refractivity contribution is 6.20. The number of ketones is 1. The van der Waals surface area contributed by atoms with Gasteiger partial charge in [-0.05, 0) is 49.7 Å². The van der Waals surface area contributed by atoms with Gasteiger partial charge in [0.15, 0.2) is 11.5 Å². The summed E-state index contributed by atoms with van der Waals surface area (Å²) < 4.78 is 10.7. The van der Waals surface area contributed by atoms with Crippen LogP contribution in [0.2, 0.25) is 0 Å². The molecule has 0 spiro atoms. The first-order valence-electron chi connectivity index (χ1n) is 8.44. The van der Waals surface area contributed by atoms with Crippen molar-refractivity contribution in [1.29, 1.82) is 0 Å². The van der Waals surface area contributed by atoms with E-state index < -0.39 is 23.5 Å². The zero-order chi connectivity index (χ0) is 19.1. The van der Waals surface area contributed by atoms with Crippen LogP contribution < -0.4 is 4.90 Å². The predicted octanol–water partition coefficient (Wildman–Crippen LogP) is 4.27. The van der Waals surface area contributed by atoms with E-state index in [0.717, 1.165) is 11.1 Å². The zero-order valence-electron chi connectivity index (χ0n) is 14.8. The summed E-state index contributed by atoms with van der Waals surface area (Å²) in [5.41, 5.74) is 2.42. The smallest absolute Gasteiger partial charge is 0.294 e. The summed E-state index contributed by atoms with van der Waals surface area (Å²) >= 11 is 0. The standard InChI is InChI=1S/C21H17NO5/c1-12-7-8-14(13(2)11-12)22-18(15-5-3-9-26-15)17(20(24)21(22)25)19(23)16-6-4-10-27-16/h3-11,18,24H,1-2H3. The molecule has 3 aromatic rings. The Morgan fingerprint density at radius 2 is 1.81 bits per heavy atom. The number of anilines is 1. The van der Waals surface area contributed by atoms with Crippen LogP contribution in [0.15, 0.2) is 75.2 Å². The van der Waals surface area contributed by atoms with Crippen molar-refractivity contribution in [3.8, 4) is 0 Å². The lowest BCUT2D eigenvalue weighted by atomic mass is 9.99. The number of furan rings is 2. The molecule has 0 aliphatic carbocycles. The summed E-state index contributed by atoms with van der Waals surface area (Å²) in [4.78, 5) is 27.3. The van der Waals surface area contributed by atoms with E-state index in [2.05, 4.69) is 0 Å². The Bertz CT molecular complexity index is 1040. The molecule has 1 aromatic carbocycles. The minimum absolute atomic E-state index is 0.0448. The van der Waals surface area contributed by atoms with Crippen molar-refractivity contribution in [1.82, 2.24) is 0 Å². The Balaban J connectivity index is 1.89. The van der Waals surface area contributed by atoms with Crippen LogP contribution in [0, 0.1) is 13.8 Å². The van der Waals surface area contributed by atoms with Crippen LogP contribution in [-0.2, 0) is 4.79 Å². The lowest BCUT2D eigenvalue weighted by Gasteiger charge is -2.26. The monoisotopic (exact) mass is 363 g/mol. The first-order valence-corrected chi connectivity index (χ1v) is 8.44. The number of aliphatic hydroxyl groups is 1. The number of Topliss-reactive ketones (excluding diaryl/α,β-unsaturated/α-hetero) is 1. The highest BCUT2D eigenvalue weighted by atomic mass is 16.3. The number of amides is 1. The third-order valence-electron chi connectivity index (χ3n) is 4.62. The number of carbonyl (C=O) groups excluding carboxylic acids is 2. The summed E-state index contributed by atoms with van der Waals surface area (Å²) in [6, 6.07) is 11.1. The molecule has 1 aliphatic heterocycles. The molecule has 0 saturated heterocycles. The van der Waals surface area contributed by atoms with E-state index in [9.17, 15) is 14.7 Å². The average molecular weight is 363 g/mol. The van der Waals surface area contributed by atoms with E-state index in [1.807, 2.05) is 26.0 Å². The highest BCUT2D eigenvalue weighted by Gasteiger charge is 2.46. The maximum absolute atomic E-state index is 13.0. The lowest BCUT2D eigenvalue weighted by Crippen LogP contribution is -2.31. The summed E-state index contributed by atoms with van der Waals surface area (Å²) in [5, 5.41) is 10.6. The third kappa shape index (κ3) is 2.66. The van der Waals surface area contributed by atoms with E-state index in [1.165, 1.54) is 23.5 Å². The molecule has 1 aliphatic rings. The Labute approximate surface area is 155 Å². The molecule has 1 N–H and O–H groups in total. The molecule has 6 heteroatoms. The Kier molecular flexibility index (Phi) is 3.96. The summed E-state index contributed by atoms with van der Waals surface area (Å²) in [5.74, 6) is -1.39. The number of aryl methyl sites for hydroxylation is 2. The Morgan fingerprint density at radius 3 is 2.44 bits per heavy atom. The molecule has 1 unspecified atom stereocenters. The van der Waals surface area contributed by atoms with Crippen molar-refractivity contribution < 1.29 is 23.5 Å². The van der Waals surface area contributed by atoms with Crippen molar-refractivity contribution in [2.75, 3.05) is 4.90 Å². The molecular weight excluding hydrogens is 346 g/mol. The van der Waals surface area contributed by atoms with Crippen LogP contribution in [0.25, 0.3) is 0 Å². The molecule has 1 amide bonds. The van der Waals surface area contributed by atoms with Crippen LogP contribution in [-0.4, -0.2) is 16.8 Å². The van der Waals surface area contributed by atoms with Gasteiger partial charge in [0.05, 0.1) is 18.1 Å². The summed E-state index contributed by atoms with van der Waals surface area (Å²) in [6.45, 7) is 3.83. The van der Waals surface area contributed by atoms with Gasteiger partial charge in [0, 0.05) is 5.69 Å². The minimum Gasteiger partial charge on any atom is -0.503 e. The molecule has 136 valence electrons. The van der Waals surface area contributed by atoms with Crippen molar-refractivity contribution in [3.05, 3.63) is 89.0 Å². The highest BCUT2D eigenvalue weighted by Crippen LogP contribution is 2.43. The number of rotatable bonds is 4. The first-order chi connectivity index (χ1) is 13.0. The molecule has 4 rings (SSSR count). The number of aliphatic hydroxyl groups excluding tert-OH is 1. The van der Waals surface area contributed by atoms with Gasteiger partial charge in [-0.15, -0.1) is 0 Å². The quantitative estimate of drug-likeness (QED) is 0.700. The molecule has 0 radical (unpaired) electrons. The van der Waals surface area contributed by atoms with E-state index in [4.69, 9.17) is 8.83 Å². The van der Waals surface area contributed by atoms with E-state index in [-0.39, 0.29) is 11.3 Å². The first kappa shape index (κ1) is 16.9. The van der Waals surface area contributed by atoms with Crippen LogP contribution in [0.4, 0.5) is 5.69 Å². The van der Waals surface area contributed by atoms with E-state index in [0.29, 0.717) is 11.4 Å². The largest absolute Gasteiger partial charge is 0.503 e. The van der Waals surface area contributed by atoms with Crippen LogP contribution in [0.1, 0.15) is 33.5 Å². The number of nitrogens with zero attached hydrogens (tertiary/aromatic N) is 1. The molecule has 0 fully saturated rings. The number of hydrogen-bond acceptors (Lipinski definition) is 5. The predicted molar refractivity (Wildman–Crippen MR) is 97.5 cm³/mol. The van der Waals surface area contributed by atoms with Gasteiger partial charge in [-0.1, -0.05) is 17.7 Å². The molecule has 6 nitrogen and oxygen atoms in total. The van der Waals surface area contributed by atoms with Gasteiger partial charge < -0.3 is 13.9 Å². The SMILES string of the molecule is Cc1ccc(N2C(=O)C(O)=C(C(=O)c3ccco3)C2c2ccco2)c(C)c1. The maximum atomic E-state index is 13.0. The second kappa shape index (κ2) is 6.32. The molecule has 27 heavy (non-hydrogen) atoms. The zero-order valence-corrected chi connectivity index (χ0v) is 14.8. The van der Waals surface area contributed by atoms with Gasteiger partial charge in [-0.2, -0.15) is 0 Å². The molecule has 2 aromatic heterocycles. The number of carbonyl (C=O) groups is 2. The van der Waals surface area contributed by atoms with Crippen LogP contribution in [0.5, 0.6) is 0 Å². The van der Waals surface area contributed by atoms with Crippen LogP contribution in [0.3, 0.4) is 0 Å². The number of benzene rings is 1. The van der Waals surface area contributed by atoms with Crippen molar-refractivity contribution in [2.45, 2.75) is 19.9 Å². The Morgan fingerprint density at radius 1 is 1.07 bits per heavy atom. The fraction of sp³-hybridized carbons (Fsp3) is 0.143. The van der Waals surface area contributed by atoms with Crippen molar-refractivity contribution >= 4 is 17.4 Å². The molecular formula is C21H17NO5. The molecule has 3 heterocycles. The Hall–Kier alpha value is -3.54. The van der Waals surface area contributed by atoms with E-state index >= 15 is 0 Å². The second-order valence-electron chi connectivity index (χ2n) is 6.45. The second-order valence-corrected chi connectivity index (χ2v) is 6.45. The van der Waals surface area contributed by atoms with Crippen molar-refractivity contribution in [2.24, 2.45) is 0 Å². The molecule has 0 bridgehead atoms. The minimum atomic E-state index is -0.883. The fourth-order valence-corrected chi connectivity index (χ4v) is 3.42. The number of hydrogen-bond donors (Lipinski definition) is 1. The normalized spacial score (nSPS) is 17.0. The average Bonchev–Trinajstić information content (AvgIpc) is 3.38. The van der Waals surface area contributed by atoms with Gasteiger partial charge in [0.25, 0.3) is 5.91 Å². The van der Waals surface area contributed by atoms with Gasteiger partial charge in [-0.25, -0.2) is 0 Å². The fourth-order valence-electron chi connectivity index (χ4n) is 3.42. The van der Waals surface area contributed by atoms with Gasteiger partial charge in [0.1, 0.15) is 11.8 Å². The summed E-state index contributed by atoms with van der Waals surface area (Å²) in [6.07, 6.45) is 2.83. The van der Waals surface area contributed by atoms with Gasteiger partial charge in [-0.3, -0.25) is 14.5 Å². The van der Waals surface area contributed by atoms with Crippen LogP contribution >= 0.6 is 0 Å². The topological polar surface area (TPSA) is 83.9 Å². The maximum Gasteiger partial charge on any atom is 0.294 e. The lowest BCUT2D eigenvalue weighted by molar-refractivity contribution is -0.117. The van der Waals surface area contributed by atoms with Gasteiger partial charge in [0.2, 0.25) is 5.78 Å². The van der Waals surface area contributed by atoms with Crippen molar-refractivity contribution in [3.63, 3.8) is 0 Å². The van der Waals surface area contributed by atoms with Gasteiger partial charge >= 0.3 is 0 Å². The molecule has 1 atom stereocenters. The third-order valence-corrected chi connectivity index (χ3v) is 4.62. The molecule has 0 saturated carbocycles.